The summed E-state index contributed by atoms with van der Waals surface area (Å²) in [6, 6.07) is 1.76. The first-order valence-electron chi connectivity index (χ1n) is 6.90. The van der Waals surface area contributed by atoms with Crippen LogP contribution in [0.25, 0.3) is 0 Å². The van der Waals surface area contributed by atoms with Crippen LogP contribution in [0.4, 0.5) is 0 Å². The quantitative estimate of drug-likeness (QED) is 0.816. The third kappa shape index (κ3) is 4.35. The molecule has 1 aliphatic rings. The van der Waals surface area contributed by atoms with Crippen molar-refractivity contribution in [1.29, 1.82) is 0 Å². The second kappa shape index (κ2) is 7.10. The summed E-state index contributed by atoms with van der Waals surface area (Å²) in [7, 11) is 0. The fourth-order valence-electron chi connectivity index (χ4n) is 2.50. The summed E-state index contributed by atoms with van der Waals surface area (Å²) in [6.07, 6.45) is 7.10. The van der Waals surface area contributed by atoms with Gasteiger partial charge in [0.15, 0.2) is 0 Å². The largest absolute Gasteiger partial charge is 0.376 e. The van der Waals surface area contributed by atoms with Crippen molar-refractivity contribution >= 4 is 21.8 Å². The average molecular weight is 329 g/mol. The van der Waals surface area contributed by atoms with Crippen molar-refractivity contribution in [2.75, 3.05) is 13.2 Å². The SMILES string of the molecule is C[C@H]1CCCC[C@@H]1OCCNC(=O)c1cc(Br)c[nH]1. The smallest absolute Gasteiger partial charge is 0.267 e. The Balaban J connectivity index is 1.65. The molecule has 0 saturated heterocycles. The number of aromatic amines is 1. The van der Waals surface area contributed by atoms with Gasteiger partial charge in [-0.2, -0.15) is 0 Å². The standard InChI is InChI=1S/C14H21BrN2O2/c1-10-4-2-3-5-13(10)19-7-6-16-14(18)12-8-11(15)9-17-12/h8-10,13,17H,2-7H2,1H3,(H,16,18)/t10-,13-/m0/s1. The first-order chi connectivity index (χ1) is 9.16. The molecular formula is C14H21BrN2O2. The zero-order chi connectivity index (χ0) is 13.7. The van der Waals surface area contributed by atoms with E-state index in [1.165, 1.54) is 19.3 Å². The number of nitrogens with one attached hydrogen (secondary N) is 2. The van der Waals surface area contributed by atoms with Crippen LogP contribution in [0, 0.1) is 5.92 Å². The van der Waals surface area contributed by atoms with Crippen LogP contribution in [-0.4, -0.2) is 30.1 Å². The summed E-state index contributed by atoms with van der Waals surface area (Å²) < 4.78 is 6.73. The first kappa shape index (κ1) is 14.6. The Hall–Kier alpha value is -0.810. The fraction of sp³-hybridized carbons (Fsp3) is 0.643. The topological polar surface area (TPSA) is 54.1 Å². The van der Waals surface area contributed by atoms with Crippen molar-refractivity contribution in [3.05, 3.63) is 22.4 Å². The van der Waals surface area contributed by atoms with Crippen LogP contribution in [0.3, 0.4) is 0 Å². The minimum Gasteiger partial charge on any atom is -0.376 e. The third-order valence-corrected chi connectivity index (χ3v) is 4.10. The highest BCUT2D eigenvalue weighted by Crippen LogP contribution is 2.25. The Morgan fingerprint density at radius 2 is 2.32 bits per heavy atom. The first-order valence-corrected chi connectivity index (χ1v) is 7.70. The van der Waals surface area contributed by atoms with E-state index in [1.54, 1.807) is 12.3 Å². The fourth-order valence-corrected chi connectivity index (χ4v) is 2.84. The summed E-state index contributed by atoms with van der Waals surface area (Å²) in [6.45, 7) is 3.39. The van der Waals surface area contributed by atoms with Crippen molar-refractivity contribution in [1.82, 2.24) is 10.3 Å². The van der Waals surface area contributed by atoms with Gasteiger partial charge in [0.25, 0.3) is 5.91 Å². The second-order valence-electron chi connectivity index (χ2n) is 5.16. The van der Waals surface area contributed by atoms with E-state index in [-0.39, 0.29) is 5.91 Å². The lowest BCUT2D eigenvalue weighted by Crippen LogP contribution is -2.31. The van der Waals surface area contributed by atoms with Crippen LogP contribution < -0.4 is 5.32 Å². The lowest BCUT2D eigenvalue weighted by atomic mass is 9.88. The molecule has 1 fully saturated rings. The normalized spacial score (nSPS) is 23.3. The van der Waals surface area contributed by atoms with E-state index in [4.69, 9.17) is 4.74 Å². The maximum Gasteiger partial charge on any atom is 0.267 e. The van der Waals surface area contributed by atoms with E-state index in [0.29, 0.717) is 30.9 Å². The van der Waals surface area contributed by atoms with Crippen molar-refractivity contribution in [2.24, 2.45) is 5.92 Å². The van der Waals surface area contributed by atoms with Crippen molar-refractivity contribution in [3.63, 3.8) is 0 Å². The zero-order valence-corrected chi connectivity index (χ0v) is 12.8. The van der Waals surface area contributed by atoms with Crippen LogP contribution in [0.5, 0.6) is 0 Å². The summed E-state index contributed by atoms with van der Waals surface area (Å²) in [4.78, 5) is 14.7. The highest BCUT2D eigenvalue weighted by molar-refractivity contribution is 9.10. The minimum atomic E-state index is -0.0917. The van der Waals surface area contributed by atoms with Gasteiger partial charge in [-0.3, -0.25) is 4.79 Å². The van der Waals surface area contributed by atoms with Crippen LogP contribution in [-0.2, 0) is 4.74 Å². The molecule has 0 aromatic carbocycles. The van der Waals surface area contributed by atoms with E-state index in [1.807, 2.05) is 0 Å². The Bertz CT molecular complexity index is 419. The molecule has 19 heavy (non-hydrogen) atoms. The summed E-state index contributed by atoms with van der Waals surface area (Å²) in [5.74, 6) is 0.551. The molecule has 0 radical (unpaired) electrons. The number of hydrogen-bond donors (Lipinski definition) is 2. The number of amides is 1. The second-order valence-corrected chi connectivity index (χ2v) is 6.07. The maximum atomic E-state index is 11.8. The Morgan fingerprint density at radius 3 is 3.00 bits per heavy atom. The van der Waals surface area contributed by atoms with Crippen LogP contribution in [0.2, 0.25) is 0 Å². The van der Waals surface area contributed by atoms with Gasteiger partial charge in [0.2, 0.25) is 0 Å². The van der Waals surface area contributed by atoms with Crippen molar-refractivity contribution in [3.8, 4) is 0 Å². The molecule has 1 aliphatic carbocycles. The van der Waals surface area contributed by atoms with E-state index in [0.717, 1.165) is 10.9 Å². The van der Waals surface area contributed by atoms with Gasteiger partial charge >= 0.3 is 0 Å². The number of aromatic nitrogens is 1. The van der Waals surface area contributed by atoms with Crippen LogP contribution >= 0.6 is 15.9 Å². The number of carbonyl (C=O) groups is 1. The van der Waals surface area contributed by atoms with Gasteiger partial charge in [-0.25, -0.2) is 0 Å². The number of halogens is 1. The highest BCUT2D eigenvalue weighted by atomic mass is 79.9. The molecule has 1 aromatic heterocycles. The predicted molar refractivity (Wildman–Crippen MR) is 78.2 cm³/mol. The number of rotatable bonds is 5. The molecule has 0 unspecified atom stereocenters. The molecule has 5 heteroatoms. The molecule has 0 aliphatic heterocycles. The van der Waals surface area contributed by atoms with Crippen molar-refractivity contribution < 1.29 is 9.53 Å². The maximum absolute atomic E-state index is 11.8. The molecule has 2 atom stereocenters. The third-order valence-electron chi connectivity index (χ3n) is 3.64. The zero-order valence-electron chi connectivity index (χ0n) is 11.2. The van der Waals surface area contributed by atoms with Crippen LogP contribution in [0.15, 0.2) is 16.7 Å². The Kier molecular flexibility index (Phi) is 5.45. The molecule has 1 aromatic rings. The van der Waals surface area contributed by atoms with E-state index >= 15 is 0 Å². The van der Waals surface area contributed by atoms with Gasteiger partial charge in [-0.05, 0) is 40.8 Å². The number of H-pyrrole nitrogens is 1. The molecule has 0 spiro atoms. The van der Waals surface area contributed by atoms with Gasteiger partial charge in [-0.15, -0.1) is 0 Å². The average Bonchev–Trinajstić information content (AvgIpc) is 2.83. The lowest BCUT2D eigenvalue weighted by molar-refractivity contribution is -0.00295. The molecule has 1 saturated carbocycles. The Morgan fingerprint density at radius 1 is 1.53 bits per heavy atom. The predicted octanol–water partition coefficient (Wildman–Crippen LogP) is 3.10. The van der Waals surface area contributed by atoms with Gasteiger partial charge < -0.3 is 15.0 Å². The number of hydrogen-bond acceptors (Lipinski definition) is 2. The molecule has 1 heterocycles. The van der Waals surface area contributed by atoms with E-state index in [9.17, 15) is 4.79 Å². The molecule has 4 nitrogen and oxygen atoms in total. The Labute approximate surface area is 122 Å². The van der Waals surface area contributed by atoms with Gasteiger partial charge in [0, 0.05) is 17.2 Å². The van der Waals surface area contributed by atoms with Crippen LogP contribution in [0.1, 0.15) is 43.1 Å². The number of carbonyl (C=O) groups excluding carboxylic acids is 1. The van der Waals surface area contributed by atoms with E-state index < -0.39 is 0 Å². The minimum absolute atomic E-state index is 0.0917. The van der Waals surface area contributed by atoms with Gasteiger partial charge in [0.05, 0.1) is 12.7 Å². The molecular weight excluding hydrogens is 308 g/mol. The molecule has 0 bridgehead atoms. The van der Waals surface area contributed by atoms with E-state index in [2.05, 4.69) is 33.2 Å². The molecule has 2 N–H and O–H groups in total. The molecule has 1 amide bonds. The van der Waals surface area contributed by atoms with Gasteiger partial charge in [0.1, 0.15) is 5.69 Å². The molecule has 106 valence electrons. The highest BCUT2D eigenvalue weighted by Gasteiger charge is 2.21. The lowest BCUT2D eigenvalue weighted by Gasteiger charge is -2.28. The summed E-state index contributed by atoms with van der Waals surface area (Å²) in [5.41, 5.74) is 0.568. The monoisotopic (exact) mass is 328 g/mol. The van der Waals surface area contributed by atoms with Gasteiger partial charge in [-0.1, -0.05) is 19.8 Å². The summed E-state index contributed by atoms with van der Waals surface area (Å²) >= 11 is 3.31. The number of ether oxygens (including phenoxy) is 1. The summed E-state index contributed by atoms with van der Waals surface area (Å²) in [5, 5.41) is 2.85. The molecule has 2 rings (SSSR count). The van der Waals surface area contributed by atoms with Crippen molar-refractivity contribution in [2.45, 2.75) is 38.7 Å².